The summed E-state index contributed by atoms with van der Waals surface area (Å²) < 4.78 is 67.8. The Morgan fingerprint density at radius 1 is 1.07 bits per heavy atom. The highest BCUT2D eigenvalue weighted by Gasteiger charge is 2.23. The van der Waals surface area contributed by atoms with Gasteiger partial charge in [-0.15, -0.1) is 0 Å². The van der Waals surface area contributed by atoms with Gasteiger partial charge in [0.05, 0.1) is 25.4 Å². The normalized spacial score (nSPS) is 12.6. The molecule has 0 saturated heterocycles. The van der Waals surface area contributed by atoms with Crippen molar-refractivity contribution in [3.63, 3.8) is 0 Å². The van der Waals surface area contributed by atoms with Crippen molar-refractivity contribution in [3.05, 3.63) is 71.0 Å². The van der Waals surface area contributed by atoms with Gasteiger partial charge in [-0.1, -0.05) is 30.3 Å². The van der Waals surface area contributed by atoms with Crippen molar-refractivity contribution in [2.24, 2.45) is 0 Å². The molecule has 0 bridgehead atoms. The standard InChI is InChI=1S/C18H18F3NO5S/c1-28(24,25)27-14(7-13-8-16(20)17(21)10-15(13)19)9-18(23)22-26-11-12-5-3-2-4-6-12/h2-6,8,10,14H,7,9,11H2,1H3,(H,22,23). The fraction of sp³-hybridized carbons (Fsp3) is 0.278. The average Bonchev–Trinajstić information content (AvgIpc) is 2.59. The molecule has 6 nitrogen and oxygen atoms in total. The van der Waals surface area contributed by atoms with E-state index in [0.29, 0.717) is 12.1 Å². The monoisotopic (exact) mass is 417 g/mol. The maximum absolute atomic E-state index is 13.8. The molecule has 0 saturated carbocycles. The summed E-state index contributed by atoms with van der Waals surface area (Å²) in [5, 5.41) is 0. The number of amides is 1. The highest BCUT2D eigenvalue weighted by molar-refractivity contribution is 7.86. The zero-order valence-electron chi connectivity index (χ0n) is 14.8. The Bertz CT molecular complexity index is 922. The summed E-state index contributed by atoms with van der Waals surface area (Å²) in [7, 11) is -3.99. The van der Waals surface area contributed by atoms with Crippen LogP contribution in [0, 0.1) is 17.5 Å². The molecule has 0 aromatic heterocycles. The molecule has 10 heteroatoms. The van der Waals surface area contributed by atoms with E-state index in [1.807, 2.05) is 6.07 Å². The summed E-state index contributed by atoms with van der Waals surface area (Å²) in [6.07, 6.45) is -1.57. The van der Waals surface area contributed by atoms with Gasteiger partial charge in [0.15, 0.2) is 11.6 Å². The van der Waals surface area contributed by atoms with E-state index in [-0.39, 0.29) is 12.2 Å². The smallest absolute Gasteiger partial charge is 0.264 e. The molecule has 152 valence electrons. The van der Waals surface area contributed by atoms with Crippen LogP contribution in [-0.4, -0.2) is 26.7 Å². The first-order valence-electron chi connectivity index (χ1n) is 8.10. The molecule has 0 aliphatic rings. The van der Waals surface area contributed by atoms with Gasteiger partial charge in [0.1, 0.15) is 5.82 Å². The van der Waals surface area contributed by atoms with Crippen LogP contribution in [0.25, 0.3) is 0 Å². The van der Waals surface area contributed by atoms with E-state index in [0.717, 1.165) is 11.8 Å². The number of benzene rings is 2. The Kier molecular flexibility index (Phi) is 7.55. The summed E-state index contributed by atoms with van der Waals surface area (Å²) in [5.41, 5.74) is 2.59. The van der Waals surface area contributed by atoms with Gasteiger partial charge in [0, 0.05) is 12.5 Å². The molecule has 2 aromatic carbocycles. The molecule has 1 atom stereocenters. The summed E-state index contributed by atoms with van der Waals surface area (Å²) in [6.45, 7) is 0.0714. The van der Waals surface area contributed by atoms with Gasteiger partial charge in [-0.25, -0.2) is 18.7 Å². The minimum atomic E-state index is -3.99. The Labute approximate surface area is 160 Å². The van der Waals surface area contributed by atoms with Gasteiger partial charge in [0.2, 0.25) is 5.91 Å². The number of carbonyl (C=O) groups is 1. The van der Waals surface area contributed by atoms with E-state index >= 15 is 0 Å². The lowest BCUT2D eigenvalue weighted by atomic mass is 10.0. The lowest BCUT2D eigenvalue weighted by Crippen LogP contribution is -2.31. The second-order valence-corrected chi connectivity index (χ2v) is 7.59. The maximum Gasteiger partial charge on any atom is 0.264 e. The molecule has 1 unspecified atom stereocenters. The van der Waals surface area contributed by atoms with Crippen molar-refractivity contribution in [2.45, 2.75) is 25.6 Å². The molecule has 0 spiro atoms. The molecule has 2 rings (SSSR count). The van der Waals surface area contributed by atoms with Crippen LogP contribution in [0.3, 0.4) is 0 Å². The Hall–Kier alpha value is -2.43. The number of hydrogen-bond donors (Lipinski definition) is 1. The van der Waals surface area contributed by atoms with E-state index in [9.17, 15) is 26.4 Å². The first-order chi connectivity index (χ1) is 13.1. The van der Waals surface area contributed by atoms with Crippen LogP contribution in [0.5, 0.6) is 0 Å². The van der Waals surface area contributed by atoms with Gasteiger partial charge in [0.25, 0.3) is 10.1 Å². The number of hydrogen-bond acceptors (Lipinski definition) is 5. The van der Waals surface area contributed by atoms with Crippen molar-refractivity contribution >= 4 is 16.0 Å². The molecule has 1 amide bonds. The lowest BCUT2D eigenvalue weighted by molar-refractivity contribution is -0.136. The highest BCUT2D eigenvalue weighted by atomic mass is 32.2. The van der Waals surface area contributed by atoms with Crippen LogP contribution in [0.4, 0.5) is 13.2 Å². The molecule has 0 fully saturated rings. The van der Waals surface area contributed by atoms with Crippen LogP contribution in [-0.2, 0) is 37.0 Å². The van der Waals surface area contributed by atoms with Gasteiger partial charge < -0.3 is 0 Å². The molecular weight excluding hydrogens is 399 g/mol. The Balaban J connectivity index is 2.00. The number of carbonyl (C=O) groups excluding carboxylic acids is 1. The van der Waals surface area contributed by atoms with Gasteiger partial charge in [-0.05, 0) is 17.2 Å². The van der Waals surface area contributed by atoms with E-state index in [1.165, 1.54) is 0 Å². The van der Waals surface area contributed by atoms with Crippen molar-refractivity contribution in [1.29, 1.82) is 0 Å². The summed E-state index contributed by atoms with van der Waals surface area (Å²) in [5.74, 6) is -4.49. The van der Waals surface area contributed by atoms with Crippen molar-refractivity contribution in [1.82, 2.24) is 5.48 Å². The van der Waals surface area contributed by atoms with Crippen LogP contribution in [0.2, 0.25) is 0 Å². The van der Waals surface area contributed by atoms with Crippen LogP contribution >= 0.6 is 0 Å². The lowest BCUT2D eigenvalue weighted by Gasteiger charge is -2.17. The molecule has 1 N–H and O–H groups in total. The molecule has 0 heterocycles. The first kappa shape index (κ1) is 21.9. The summed E-state index contributed by atoms with van der Waals surface area (Å²) in [6, 6.07) is 9.85. The van der Waals surface area contributed by atoms with E-state index in [1.54, 1.807) is 24.3 Å². The predicted molar refractivity (Wildman–Crippen MR) is 93.7 cm³/mol. The van der Waals surface area contributed by atoms with Crippen LogP contribution in [0.1, 0.15) is 17.5 Å². The number of halogens is 3. The zero-order valence-corrected chi connectivity index (χ0v) is 15.6. The quantitative estimate of drug-likeness (QED) is 0.385. The minimum absolute atomic E-state index is 0.0714. The van der Waals surface area contributed by atoms with Gasteiger partial charge in [-0.3, -0.25) is 13.8 Å². The third-order valence-corrected chi connectivity index (χ3v) is 4.15. The Morgan fingerprint density at radius 3 is 2.36 bits per heavy atom. The fourth-order valence-corrected chi connectivity index (χ4v) is 3.01. The van der Waals surface area contributed by atoms with E-state index < -0.39 is 52.4 Å². The molecular formula is C18H18F3NO5S. The van der Waals surface area contributed by atoms with Gasteiger partial charge >= 0.3 is 0 Å². The number of rotatable bonds is 9. The second-order valence-electron chi connectivity index (χ2n) is 5.99. The predicted octanol–water partition coefficient (Wildman–Crippen LogP) is 2.63. The van der Waals surface area contributed by atoms with Gasteiger partial charge in [-0.2, -0.15) is 8.42 Å². The first-order valence-corrected chi connectivity index (χ1v) is 9.92. The van der Waals surface area contributed by atoms with Crippen molar-refractivity contribution in [3.8, 4) is 0 Å². The highest BCUT2D eigenvalue weighted by Crippen LogP contribution is 2.18. The minimum Gasteiger partial charge on any atom is -0.273 e. The van der Waals surface area contributed by atoms with E-state index in [4.69, 9.17) is 9.02 Å². The third kappa shape index (κ3) is 7.29. The molecule has 0 aliphatic heterocycles. The van der Waals surface area contributed by atoms with Crippen molar-refractivity contribution in [2.75, 3.05) is 6.26 Å². The third-order valence-electron chi connectivity index (χ3n) is 3.53. The van der Waals surface area contributed by atoms with E-state index in [2.05, 4.69) is 5.48 Å². The Morgan fingerprint density at radius 2 is 1.71 bits per heavy atom. The van der Waals surface area contributed by atoms with Crippen LogP contribution in [0.15, 0.2) is 42.5 Å². The number of hydroxylamine groups is 1. The molecule has 0 aliphatic carbocycles. The maximum atomic E-state index is 13.8. The summed E-state index contributed by atoms with van der Waals surface area (Å²) in [4.78, 5) is 17.0. The molecule has 2 aromatic rings. The largest absolute Gasteiger partial charge is 0.273 e. The zero-order chi connectivity index (χ0) is 20.7. The topological polar surface area (TPSA) is 81.7 Å². The number of nitrogens with one attached hydrogen (secondary N) is 1. The molecule has 28 heavy (non-hydrogen) atoms. The van der Waals surface area contributed by atoms with Crippen molar-refractivity contribution < 1.29 is 35.4 Å². The SMILES string of the molecule is CS(=O)(=O)OC(CC(=O)NOCc1ccccc1)Cc1cc(F)c(F)cc1F. The molecule has 0 radical (unpaired) electrons. The van der Waals surface area contributed by atoms with Crippen LogP contribution < -0.4 is 5.48 Å². The second kappa shape index (κ2) is 9.67. The summed E-state index contributed by atoms with van der Waals surface area (Å²) >= 11 is 0. The fourth-order valence-electron chi connectivity index (χ4n) is 2.38. The average molecular weight is 417 g/mol.